The minimum atomic E-state index is -2.69. The molecule has 0 unspecified atom stereocenters. The summed E-state index contributed by atoms with van der Waals surface area (Å²) in [6.07, 6.45) is 0. The lowest BCUT2D eigenvalue weighted by Crippen LogP contribution is -2.16. The summed E-state index contributed by atoms with van der Waals surface area (Å²) >= 11 is 1.19. The first-order valence-electron chi connectivity index (χ1n) is 9.73. The third-order valence-corrected chi connectivity index (χ3v) is 5.78. The molecule has 4 aromatic rings. The van der Waals surface area contributed by atoms with Crippen molar-refractivity contribution < 1.29 is 13.5 Å². The SMILES string of the molecule is CC(C)c1ccc(OCc2nnc(SCc3nc4ccccc4n3C(F)F)n2N)cc1. The Morgan fingerprint density at radius 2 is 1.77 bits per heavy atom. The molecule has 0 amide bonds. The number of nitrogens with zero attached hydrogens (tertiary/aromatic N) is 5. The predicted octanol–water partition coefficient (Wildman–Crippen LogP) is 4.73. The molecule has 2 heterocycles. The highest BCUT2D eigenvalue weighted by Gasteiger charge is 2.19. The quantitative estimate of drug-likeness (QED) is 0.312. The van der Waals surface area contributed by atoms with Crippen LogP contribution in [0.5, 0.6) is 5.75 Å². The van der Waals surface area contributed by atoms with Gasteiger partial charge in [0.2, 0.25) is 5.16 Å². The highest BCUT2D eigenvalue weighted by Crippen LogP contribution is 2.28. The number of imidazole rings is 1. The first-order chi connectivity index (χ1) is 14.9. The van der Waals surface area contributed by atoms with Gasteiger partial charge in [-0.1, -0.05) is 49.9 Å². The molecule has 31 heavy (non-hydrogen) atoms. The predicted molar refractivity (Wildman–Crippen MR) is 116 cm³/mol. The number of nitrogens with two attached hydrogens (primary N) is 1. The Labute approximate surface area is 182 Å². The van der Waals surface area contributed by atoms with Crippen LogP contribution >= 0.6 is 11.8 Å². The Hall–Kier alpha value is -3.14. The number of rotatable bonds is 8. The first-order valence-corrected chi connectivity index (χ1v) is 10.7. The topological polar surface area (TPSA) is 83.8 Å². The van der Waals surface area contributed by atoms with Gasteiger partial charge in [-0.05, 0) is 35.7 Å². The molecule has 0 spiro atoms. The van der Waals surface area contributed by atoms with Crippen molar-refractivity contribution >= 4 is 22.8 Å². The molecule has 2 aromatic heterocycles. The summed E-state index contributed by atoms with van der Waals surface area (Å²) in [7, 11) is 0. The third kappa shape index (κ3) is 4.48. The number of ether oxygens (including phenoxy) is 1. The summed E-state index contributed by atoms with van der Waals surface area (Å²) in [6, 6.07) is 14.6. The monoisotopic (exact) mass is 444 g/mol. The molecular weight excluding hydrogens is 422 g/mol. The fraction of sp³-hybridized carbons (Fsp3) is 0.286. The van der Waals surface area contributed by atoms with Gasteiger partial charge in [-0.15, -0.1) is 10.2 Å². The number of alkyl halides is 2. The number of hydrogen-bond donors (Lipinski definition) is 1. The van der Waals surface area contributed by atoms with Crippen LogP contribution in [0.3, 0.4) is 0 Å². The van der Waals surface area contributed by atoms with Gasteiger partial charge >= 0.3 is 6.55 Å². The van der Waals surface area contributed by atoms with Crippen molar-refractivity contribution in [3.63, 3.8) is 0 Å². The molecular formula is C21H22F2N6OS. The molecule has 2 aromatic carbocycles. The molecule has 0 saturated heterocycles. The summed E-state index contributed by atoms with van der Waals surface area (Å²) in [5, 5.41) is 8.50. The lowest BCUT2D eigenvalue weighted by molar-refractivity contribution is 0.0722. The number of thioether (sulfide) groups is 1. The number of benzene rings is 2. The van der Waals surface area contributed by atoms with Crippen molar-refractivity contribution in [1.29, 1.82) is 0 Å². The minimum Gasteiger partial charge on any atom is -0.486 e. The summed E-state index contributed by atoms with van der Waals surface area (Å²) in [4.78, 5) is 4.32. The average molecular weight is 445 g/mol. The van der Waals surface area contributed by atoms with Gasteiger partial charge in [0.15, 0.2) is 5.82 Å². The van der Waals surface area contributed by atoms with Crippen molar-refractivity contribution in [2.24, 2.45) is 0 Å². The molecule has 4 rings (SSSR count). The molecule has 0 aliphatic heterocycles. The zero-order valence-electron chi connectivity index (χ0n) is 17.1. The second-order valence-electron chi connectivity index (χ2n) is 7.23. The minimum absolute atomic E-state index is 0.140. The molecule has 0 bridgehead atoms. The summed E-state index contributed by atoms with van der Waals surface area (Å²) in [5.74, 6) is 8.07. The van der Waals surface area contributed by atoms with E-state index in [1.54, 1.807) is 24.3 Å². The number of aromatic nitrogens is 5. The zero-order valence-corrected chi connectivity index (χ0v) is 17.9. The second kappa shape index (κ2) is 8.93. The molecule has 10 heteroatoms. The van der Waals surface area contributed by atoms with Gasteiger partial charge < -0.3 is 10.6 Å². The molecule has 7 nitrogen and oxygen atoms in total. The van der Waals surface area contributed by atoms with Gasteiger partial charge in [0.05, 0.1) is 16.8 Å². The Kier molecular flexibility index (Phi) is 6.08. The number of para-hydroxylation sites is 2. The maximum Gasteiger partial charge on any atom is 0.320 e. The summed E-state index contributed by atoms with van der Waals surface area (Å²) < 4.78 is 35.1. The highest BCUT2D eigenvalue weighted by molar-refractivity contribution is 7.98. The van der Waals surface area contributed by atoms with Crippen LogP contribution in [-0.4, -0.2) is 24.4 Å². The van der Waals surface area contributed by atoms with E-state index in [1.165, 1.54) is 22.0 Å². The summed E-state index contributed by atoms with van der Waals surface area (Å²) in [5.41, 5.74) is 2.13. The Balaban J connectivity index is 1.43. The lowest BCUT2D eigenvalue weighted by atomic mass is 10.0. The van der Waals surface area contributed by atoms with E-state index in [-0.39, 0.29) is 18.2 Å². The molecule has 162 valence electrons. The van der Waals surface area contributed by atoms with Crippen LogP contribution < -0.4 is 10.6 Å². The van der Waals surface area contributed by atoms with Crippen molar-refractivity contribution in [3.05, 3.63) is 65.7 Å². The van der Waals surface area contributed by atoms with Crippen LogP contribution in [0.4, 0.5) is 8.78 Å². The standard InChI is InChI=1S/C21H22F2N6OS/c1-13(2)14-7-9-15(10-8-14)30-11-18-26-27-21(29(18)24)31-12-19-25-16-5-3-4-6-17(16)28(19)20(22)23/h3-10,13,20H,11-12,24H2,1-2H3. The van der Waals surface area contributed by atoms with Crippen LogP contribution in [-0.2, 0) is 12.4 Å². The summed E-state index contributed by atoms with van der Waals surface area (Å²) in [6.45, 7) is 1.70. The Morgan fingerprint density at radius 1 is 1.03 bits per heavy atom. The van der Waals surface area contributed by atoms with Crippen LogP contribution in [0.2, 0.25) is 0 Å². The van der Waals surface area contributed by atoms with Gasteiger partial charge in [0, 0.05) is 0 Å². The smallest absolute Gasteiger partial charge is 0.320 e. The van der Waals surface area contributed by atoms with Crippen LogP contribution in [0.25, 0.3) is 11.0 Å². The Morgan fingerprint density at radius 3 is 2.48 bits per heavy atom. The van der Waals surface area contributed by atoms with E-state index in [2.05, 4.69) is 29.0 Å². The van der Waals surface area contributed by atoms with E-state index >= 15 is 0 Å². The Bertz CT molecular complexity index is 1170. The fourth-order valence-electron chi connectivity index (χ4n) is 3.14. The molecule has 0 aliphatic carbocycles. The van der Waals surface area contributed by atoms with Gasteiger partial charge in [-0.3, -0.25) is 4.57 Å². The molecule has 0 atom stereocenters. The van der Waals surface area contributed by atoms with Crippen molar-refractivity contribution in [2.45, 2.75) is 43.8 Å². The first kappa shape index (κ1) is 21.1. The number of fused-ring (bicyclic) bond motifs is 1. The van der Waals surface area contributed by atoms with Crippen LogP contribution in [0.15, 0.2) is 53.7 Å². The largest absolute Gasteiger partial charge is 0.486 e. The number of nitrogen functional groups attached to an aromatic ring is 1. The van der Waals surface area contributed by atoms with E-state index in [1.807, 2.05) is 24.3 Å². The molecule has 2 N–H and O–H groups in total. The van der Waals surface area contributed by atoms with Crippen molar-refractivity contribution in [3.8, 4) is 5.75 Å². The van der Waals surface area contributed by atoms with Crippen molar-refractivity contribution in [2.75, 3.05) is 5.84 Å². The highest BCUT2D eigenvalue weighted by atomic mass is 32.2. The maximum absolute atomic E-state index is 13.6. The number of halogens is 2. The van der Waals surface area contributed by atoms with E-state index in [0.29, 0.717) is 33.7 Å². The van der Waals surface area contributed by atoms with E-state index in [9.17, 15) is 8.78 Å². The normalized spacial score (nSPS) is 11.7. The van der Waals surface area contributed by atoms with Gasteiger partial charge in [-0.2, -0.15) is 8.78 Å². The van der Waals surface area contributed by atoms with Gasteiger partial charge in [0.25, 0.3) is 0 Å². The van der Waals surface area contributed by atoms with E-state index in [0.717, 1.165) is 4.57 Å². The maximum atomic E-state index is 13.6. The van der Waals surface area contributed by atoms with E-state index < -0.39 is 6.55 Å². The average Bonchev–Trinajstić information content (AvgIpc) is 3.30. The molecule has 0 fully saturated rings. The zero-order chi connectivity index (χ0) is 22.0. The van der Waals surface area contributed by atoms with Gasteiger partial charge in [-0.25, -0.2) is 9.66 Å². The lowest BCUT2D eigenvalue weighted by Gasteiger charge is -2.09. The van der Waals surface area contributed by atoms with Crippen LogP contribution in [0.1, 0.15) is 43.5 Å². The fourth-order valence-corrected chi connectivity index (χ4v) is 3.95. The molecule has 0 radical (unpaired) electrons. The van der Waals surface area contributed by atoms with Crippen molar-refractivity contribution in [1.82, 2.24) is 24.4 Å². The molecule has 0 saturated carbocycles. The molecule has 0 aliphatic rings. The second-order valence-corrected chi connectivity index (χ2v) is 8.18. The van der Waals surface area contributed by atoms with Gasteiger partial charge in [0.1, 0.15) is 18.2 Å². The van der Waals surface area contributed by atoms with E-state index in [4.69, 9.17) is 10.6 Å². The number of hydrogen-bond acceptors (Lipinski definition) is 6. The third-order valence-electron chi connectivity index (χ3n) is 4.84. The van der Waals surface area contributed by atoms with Crippen LogP contribution in [0, 0.1) is 0 Å².